The lowest BCUT2D eigenvalue weighted by atomic mass is 9.94. The molecular weight excluding hydrogens is 488 g/mol. The molecule has 0 aliphatic heterocycles. The highest BCUT2D eigenvalue weighted by Crippen LogP contribution is 2.38. The molecule has 0 saturated heterocycles. The Balaban J connectivity index is 1.72. The van der Waals surface area contributed by atoms with Crippen LogP contribution in [0.4, 0.5) is 0 Å². The van der Waals surface area contributed by atoms with Crippen LogP contribution >= 0.6 is 12.6 Å². The summed E-state index contributed by atoms with van der Waals surface area (Å²) < 4.78 is 21.7. The molecule has 0 heterocycles. The van der Waals surface area contributed by atoms with E-state index in [-0.39, 0.29) is 13.2 Å². The summed E-state index contributed by atoms with van der Waals surface area (Å²) in [5.41, 5.74) is 2.78. The zero-order chi connectivity index (χ0) is 27.2. The Bertz CT molecular complexity index is 1220. The van der Waals surface area contributed by atoms with E-state index in [1.807, 2.05) is 108 Å². The van der Waals surface area contributed by atoms with Crippen LogP contribution in [0.2, 0.25) is 0 Å². The van der Waals surface area contributed by atoms with Gasteiger partial charge in [-0.2, -0.15) is 0 Å². The van der Waals surface area contributed by atoms with Crippen LogP contribution in [0.5, 0.6) is 11.5 Å². The van der Waals surface area contributed by atoms with Crippen LogP contribution in [-0.2, 0) is 19.1 Å². The van der Waals surface area contributed by atoms with E-state index in [0.717, 1.165) is 27.1 Å². The molecule has 0 aliphatic rings. The first-order valence-electron chi connectivity index (χ1n) is 12.0. The second-order valence-electron chi connectivity index (χ2n) is 10.5. The summed E-state index contributed by atoms with van der Waals surface area (Å²) in [6, 6.07) is 20.9. The van der Waals surface area contributed by atoms with Crippen LogP contribution in [-0.4, -0.2) is 36.4 Å². The van der Waals surface area contributed by atoms with Gasteiger partial charge in [0, 0.05) is 10.5 Å². The number of thiol groups is 1. The first kappa shape index (κ1) is 28.1. The molecule has 0 radical (unpaired) electrons. The fourth-order valence-electron chi connectivity index (χ4n) is 3.56. The summed E-state index contributed by atoms with van der Waals surface area (Å²) in [5, 5.41) is 0. The van der Waals surface area contributed by atoms with Crippen molar-refractivity contribution in [1.29, 1.82) is 0 Å². The van der Waals surface area contributed by atoms with Gasteiger partial charge in [-0.1, -0.05) is 36.4 Å². The highest BCUT2D eigenvalue weighted by Gasteiger charge is 2.18. The second-order valence-corrected chi connectivity index (χ2v) is 11.0. The minimum absolute atomic E-state index is 0.156. The summed E-state index contributed by atoms with van der Waals surface area (Å²) in [5.74, 6) is 0.308. The van der Waals surface area contributed by atoms with Crippen molar-refractivity contribution >= 4 is 24.6 Å². The minimum atomic E-state index is -0.556. The third-order valence-corrected chi connectivity index (χ3v) is 5.28. The second kappa shape index (κ2) is 11.7. The zero-order valence-electron chi connectivity index (χ0n) is 22.2. The van der Waals surface area contributed by atoms with Crippen molar-refractivity contribution < 1.29 is 28.5 Å². The number of esters is 2. The predicted molar refractivity (Wildman–Crippen MR) is 147 cm³/mol. The third-order valence-electron chi connectivity index (χ3n) is 4.90. The molecule has 0 bridgehead atoms. The fourth-order valence-corrected chi connectivity index (χ4v) is 3.89. The molecule has 6 nitrogen and oxygen atoms in total. The molecule has 3 aromatic carbocycles. The summed E-state index contributed by atoms with van der Waals surface area (Å²) in [6.45, 7) is 10.6. The summed E-state index contributed by atoms with van der Waals surface area (Å²) in [7, 11) is 0. The Kier molecular flexibility index (Phi) is 8.92. The molecule has 0 unspecified atom stereocenters. The van der Waals surface area contributed by atoms with Crippen molar-refractivity contribution in [3.05, 3.63) is 66.7 Å². The molecule has 37 heavy (non-hydrogen) atoms. The molecule has 0 aliphatic carbocycles. The van der Waals surface area contributed by atoms with E-state index in [2.05, 4.69) is 0 Å². The van der Waals surface area contributed by atoms with Crippen molar-refractivity contribution in [2.24, 2.45) is 0 Å². The molecule has 0 saturated carbocycles. The fraction of sp³-hybridized carbons (Fsp3) is 0.333. The first-order chi connectivity index (χ1) is 17.3. The van der Waals surface area contributed by atoms with Gasteiger partial charge in [-0.05, 0) is 88.6 Å². The molecular formula is C30H34O6S. The van der Waals surface area contributed by atoms with Gasteiger partial charge in [0.1, 0.15) is 22.7 Å². The van der Waals surface area contributed by atoms with Crippen LogP contribution in [0.15, 0.2) is 71.6 Å². The van der Waals surface area contributed by atoms with E-state index < -0.39 is 23.1 Å². The van der Waals surface area contributed by atoms with Gasteiger partial charge in [0.05, 0.1) is 0 Å². The molecule has 0 amide bonds. The van der Waals surface area contributed by atoms with Gasteiger partial charge < -0.3 is 18.9 Å². The smallest absolute Gasteiger partial charge is 0.344 e. The van der Waals surface area contributed by atoms with E-state index in [9.17, 15) is 9.59 Å². The lowest BCUT2D eigenvalue weighted by Crippen LogP contribution is -2.27. The van der Waals surface area contributed by atoms with Crippen LogP contribution in [0.3, 0.4) is 0 Å². The quantitative estimate of drug-likeness (QED) is 0.261. The van der Waals surface area contributed by atoms with Crippen LogP contribution in [0, 0.1) is 0 Å². The molecule has 0 N–H and O–H groups in total. The summed E-state index contributed by atoms with van der Waals surface area (Å²) in [4.78, 5) is 24.7. The van der Waals surface area contributed by atoms with Gasteiger partial charge in [0.2, 0.25) is 0 Å². The molecule has 0 spiro atoms. The topological polar surface area (TPSA) is 71.1 Å². The van der Waals surface area contributed by atoms with Gasteiger partial charge >= 0.3 is 11.9 Å². The Morgan fingerprint density at radius 2 is 1.08 bits per heavy atom. The van der Waals surface area contributed by atoms with E-state index >= 15 is 0 Å². The maximum atomic E-state index is 11.9. The SMILES string of the molecule is CC(C)(C)OC(=O)COc1ccc(-c2cccc(S)c2-c2ccc(OCC(=O)OC(C)(C)C)cc2)cc1. The number of hydrogen-bond donors (Lipinski definition) is 1. The Morgan fingerprint density at radius 1 is 0.649 bits per heavy atom. The molecule has 196 valence electrons. The molecule has 0 aromatic heterocycles. The number of ether oxygens (including phenoxy) is 4. The van der Waals surface area contributed by atoms with Crippen LogP contribution in [0.1, 0.15) is 41.5 Å². The largest absolute Gasteiger partial charge is 0.482 e. The van der Waals surface area contributed by atoms with E-state index in [1.54, 1.807) is 0 Å². The number of carbonyl (C=O) groups excluding carboxylic acids is 2. The number of rotatable bonds is 8. The summed E-state index contributed by atoms with van der Waals surface area (Å²) in [6.07, 6.45) is 0. The standard InChI is InChI=1S/C30H34O6S/c1-29(2,3)35-26(31)18-33-22-14-10-20(11-15-22)24-8-7-9-25(37)28(24)21-12-16-23(17-13-21)34-19-27(32)36-30(4,5)6/h7-17,37H,18-19H2,1-6H3. The van der Waals surface area contributed by atoms with Gasteiger partial charge in [-0.15, -0.1) is 12.6 Å². The molecule has 7 heteroatoms. The highest BCUT2D eigenvalue weighted by atomic mass is 32.1. The monoisotopic (exact) mass is 522 g/mol. The van der Waals surface area contributed by atoms with E-state index in [4.69, 9.17) is 31.6 Å². The average Bonchev–Trinajstić information content (AvgIpc) is 2.80. The van der Waals surface area contributed by atoms with Crippen molar-refractivity contribution in [2.45, 2.75) is 57.6 Å². The maximum Gasteiger partial charge on any atom is 0.344 e. The maximum absolute atomic E-state index is 11.9. The van der Waals surface area contributed by atoms with Gasteiger partial charge in [-0.3, -0.25) is 0 Å². The van der Waals surface area contributed by atoms with Crippen LogP contribution in [0.25, 0.3) is 22.3 Å². The van der Waals surface area contributed by atoms with Crippen LogP contribution < -0.4 is 9.47 Å². The Labute approximate surface area is 224 Å². The lowest BCUT2D eigenvalue weighted by molar-refractivity contribution is -0.158. The zero-order valence-corrected chi connectivity index (χ0v) is 23.1. The van der Waals surface area contributed by atoms with Gasteiger partial charge in [-0.25, -0.2) is 9.59 Å². The highest BCUT2D eigenvalue weighted by molar-refractivity contribution is 7.80. The molecule has 0 atom stereocenters. The normalized spacial score (nSPS) is 11.5. The van der Waals surface area contributed by atoms with E-state index in [0.29, 0.717) is 11.5 Å². The molecule has 3 aromatic rings. The minimum Gasteiger partial charge on any atom is -0.482 e. The van der Waals surface area contributed by atoms with Crippen molar-refractivity contribution in [3.63, 3.8) is 0 Å². The number of hydrogen-bond acceptors (Lipinski definition) is 7. The Hall–Kier alpha value is -3.45. The van der Waals surface area contributed by atoms with E-state index in [1.165, 1.54) is 0 Å². The van der Waals surface area contributed by atoms with Gasteiger partial charge in [0.15, 0.2) is 13.2 Å². The van der Waals surface area contributed by atoms with Crippen molar-refractivity contribution in [3.8, 4) is 33.8 Å². The Morgan fingerprint density at radius 3 is 1.51 bits per heavy atom. The average molecular weight is 523 g/mol. The predicted octanol–water partition coefficient (Wildman–Crippen LogP) is 6.75. The van der Waals surface area contributed by atoms with Gasteiger partial charge in [0.25, 0.3) is 0 Å². The molecule has 3 rings (SSSR count). The molecule has 0 fully saturated rings. The lowest BCUT2D eigenvalue weighted by Gasteiger charge is -2.19. The third kappa shape index (κ3) is 8.86. The van der Waals surface area contributed by atoms with Crippen molar-refractivity contribution in [1.82, 2.24) is 0 Å². The van der Waals surface area contributed by atoms with Crippen molar-refractivity contribution in [2.75, 3.05) is 13.2 Å². The number of carbonyl (C=O) groups is 2. The number of benzene rings is 3. The first-order valence-corrected chi connectivity index (χ1v) is 12.5. The summed E-state index contributed by atoms with van der Waals surface area (Å²) >= 11 is 4.70.